The summed E-state index contributed by atoms with van der Waals surface area (Å²) in [4.78, 5) is 37.1. The fourth-order valence-electron chi connectivity index (χ4n) is 3.58. The quantitative estimate of drug-likeness (QED) is 0.474. The zero-order valence-corrected chi connectivity index (χ0v) is 14.8. The summed E-state index contributed by atoms with van der Waals surface area (Å²) in [5, 5.41) is 0. The summed E-state index contributed by atoms with van der Waals surface area (Å²) in [6, 6.07) is 4.55. The van der Waals surface area contributed by atoms with Crippen LogP contribution in [-0.2, 0) is 29.3 Å². The summed E-state index contributed by atoms with van der Waals surface area (Å²) in [7, 11) is 1.27. The van der Waals surface area contributed by atoms with Crippen LogP contribution < -0.4 is 0 Å². The van der Waals surface area contributed by atoms with Crippen LogP contribution >= 0.6 is 0 Å². The van der Waals surface area contributed by atoms with Gasteiger partial charge in [0.15, 0.2) is 0 Å². The average Bonchev–Trinajstić information content (AvgIpc) is 2.77. The minimum atomic E-state index is -1.14. The summed E-state index contributed by atoms with van der Waals surface area (Å²) in [6.45, 7) is 3.46. The fourth-order valence-corrected chi connectivity index (χ4v) is 3.58. The Balaban J connectivity index is 2.46. The van der Waals surface area contributed by atoms with E-state index >= 15 is 0 Å². The van der Waals surface area contributed by atoms with E-state index in [9.17, 15) is 18.8 Å². The van der Waals surface area contributed by atoms with Crippen LogP contribution in [0.25, 0.3) is 0 Å². The molecule has 0 N–H and O–H groups in total. The van der Waals surface area contributed by atoms with Crippen molar-refractivity contribution in [3.8, 4) is 0 Å². The Morgan fingerprint density at radius 2 is 2.04 bits per heavy atom. The molecule has 2 unspecified atom stereocenters. The highest BCUT2D eigenvalue weighted by molar-refractivity contribution is 6.00. The first-order valence-corrected chi connectivity index (χ1v) is 8.40. The molecule has 1 aromatic rings. The molecule has 1 saturated carbocycles. The smallest absolute Gasteiger partial charge is 0.316 e. The molecule has 1 aliphatic rings. The van der Waals surface area contributed by atoms with E-state index in [0.717, 1.165) is 0 Å². The predicted octanol–water partition coefficient (Wildman–Crippen LogP) is 2.87. The van der Waals surface area contributed by atoms with E-state index in [2.05, 4.69) is 0 Å². The van der Waals surface area contributed by atoms with Gasteiger partial charge < -0.3 is 9.47 Å². The molecule has 5 nitrogen and oxygen atoms in total. The average molecular weight is 350 g/mol. The zero-order valence-electron chi connectivity index (χ0n) is 14.8. The standard InChI is InChI=1S/C19H23FO5/c1-4-25-17(22)13-8-10-19(18(23)24-3,11-9-16(13)21)14-6-5-7-15(20)12(14)2/h5-7,13H,4,8-11H2,1-3H3. The van der Waals surface area contributed by atoms with Crippen molar-refractivity contribution in [3.63, 3.8) is 0 Å². The molecule has 0 aromatic heterocycles. The predicted molar refractivity (Wildman–Crippen MR) is 88.4 cm³/mol. The highest BCUT2D eigenvalue weighted by atomic mass is 19.1. The molecule has 0 amide bonds. The second-order valence-corrected chi connectivity index (χ2v) is 6.30. The minimum Gasteiger partial charge on any atom is -0.468 e. The van der Waals surface area contributed by atoms with Gasteiger partial charge in [0.1, 0.15) is 17.5 Å². The summed E-state index contributed by atoms with van der Waals surface area (Å²) in [5.41, 5.74) is -0.274. The number of hydrogen-bond donors (Lipinski definition) is 0. The van der Waals surface area contributed by atoms with Gasteiger partial charge in [0.25, 0.3) is 0 Å². The van der Waals surface area contributed by atoms with Gasteiger partial charge in [-0.2, -0.15) is 0 Å². The van der Waals surface area contributed by atoms with Crippen molar-refractivity contribution in [1.82, 2.24) is 0 Å². The van der Waals surface area contributed by atoms with Gasteiger partial charge in [-0.1, -0.05) is 12.1 Å². The van der Waals surface area contributed by atoms with Crippen LogP contribution in [0.2, 0.25) is 0 Å². The van der Waals surface area contributed by atoms with Crippen LogP contribution in [0.1, 0.15) is 43.7 Å². The van der Waals surface area contributed by atoms with Crippen molar-refractivity contribution in [2.24, 2.45) is 5.92 Å². The maximum Gasteiger partial charge on any atom is 0.316 e. The third kappa shape index (κ3) is 3.57. The van der Waals surface area contributed by atoms with E-state index in [1.165, 1.54) is 19.2 Å². The normalized spacial score (nSPS) is 23.7. The maximum atomic E-state index is 14.1. The Morgan fingerprint density at radius 3 is 2.68 bits per heavy atom. The van der Waals surface area contributed by atoms with Crippen LogP contribution in [0.4, 0.5) is 4.39 Å². The third-order valence-corrected chi connectivity index (χ3v) is 4.98. The molecular formula is C19H23FO5. The van der Waals surface area contributed by atoms with Gasteiger partial charge in [-0.15, -0.1) is 0 Å². The molecule has 0 heterocycles. The van der Waals surface area contributed by atoms with E-state index < -0.39 is 29.1 Å². The van der Waals surface area contributed by atoms with Crippen molar-refractivity contribution in [1.29, 1.82) is 0 Å². The number of halogens is 1. The van der Waals surface area contributed by atoms with Gasteiger partial charge >= 0.3 is 11.9 Å². The fraction of sp³-hybridized carbons (Fsp3) is 0.526. The highest BCUT2D eigenvalue weighted by Gasteiger charge is 2.47. The molecule has 1 fully saturated rings. The molecule has 25 heavy (non-hydrogen) atoms. The minimum absolute atomic E-state index is 0.0362. The number of methoxy groups -OCH3 is 1. The van der Waals surface area contributed by atoms with E-state index in [1.807, 2.05) is 0 Å². The molecule has 136 valence electrons. The third-order valence-electron chi connectivity index (χ3n) is 4.98. The first kappa shape index (κ1) is 19.1. The van der Waals surface area contributed by atoms with E-state index in [1.54, 1.807) is 19.9 Å². The number of hydrogen-bond acceptors (Lipinski definition) is 5. The Labute approximate surface area is 146 Å². The number of benzene rings is 1. The molecule has 2 atom stereocenters. The zero-order chi connectivity index (χ0) is 18.6. The summed E-state index contributed by atoms with van der Waals surface area (Å²) in [5.74, 6) is -2.64. The van der Waals surface area contributed by atoms with Crippen molar-refractivity contribution in [3.05, 3.63) is 35.1 Å². The molecule has 6 heteroatoms. The maximum absolute atomic E-state index is 14.1. The number of carbonyl (C=O) groups excluding carboxylic acids is 3. The first-order chi connectivity index (χ1) is 11.9. The summed E-state index contributed by atoms with van der Waals surface area (Å²) < 4.78 is 24.0. The van der Waals surface area contributed by atoms with Crippen molar-refractivity contribution in [2.75, 3.05) is 13.7 Å². The van der Waals surface area contributed by atoms with E-state index in [-0.39, 0.29) is 38.1 Å². The van der Waals surface area contributed by atoms with Gasteiger partial charge in [0.05, 0.1) is 19.1 Å². The van der Waals surface area contributed by atoms with E-state index in [0.29, 0.717) is 11.1 Å². The van der Waals surface area contributed by atoms with E-state index in [4.69, 9.17) is 9.47 Å². The number of esters is 2. The Bertz CT molecular complexity index is 684. The molecule has 0 bridgehead atoms. The molecule has 0 aliphatic heterocycles. The van der Waals surface area contributed by atoms with Crippen molar-refractivity contribution < 1.29 is 28.2 Å². The lowest BCUT2D eigenvalue weighted by Gasteiger charge is -2.31. The van der Waals surface area contributed by atoms with Gasteiger partial charge in [-0.3, -0.25) is 14.4 Å². The van der Waals surface area contributed by atoms with Gasteiger partial charge in [-0.25, -0.2) is 4.39 Å². The number of rotatable bonds is 4. The number of ether oxygens (including phenoxy) is 2. The lowest BCUT2D eigenvalue weighted by molar-refractivity contribution is -0.152. The largest absolute Gasteiger partial charge is 0.468 e. The molecule has 0 saturated heterocycles. The number of carbonyl (C=O) groups is 3. The van der Waals surface area contributed by atoms with Crippen molar-refractivity contribution in [2.45, 2.75) is 44.9 Å². The second kappa shape index (κ2) is 7.76. The topological polar surface area (TPSA) is 69.7 Å². The number of Topliss-reactive ketones (excluding diaryl/α,β-unsaturated/α-hetero) is 1. The second-order valence-electron chi connectivity index (χ2n) is 6.30. The SMILES string of the molecule is CCOC(=O)C1CCC(C(=O)OC)(c2cccc(F)c2C)CCC1=O. The summed E-state index contributed by atoms with van der Waals surface area (Å²) in [6.07, 6.45) is 0.606. The molecule has 1 aliphatic carbocycles. The monoisotopic (exact) mass is 350 g/mol. The lowest BCUT2D eigenvalue weighted by atomic mass is 9.72. The lowest BCUT2D eigenvalue weighted by Crippen LogP contribution is -2.37. The van der Waals surface area contributed by atoms with Crippen molar-refractivity contribution >= 4 is 17.7 Å². The Morgan fingerprint density at radius 1 is 1.32 bits per heavy atom. The molecule has 1 aromatic carbocycles. The Hall–Kier alpha value is -2.24. The van der Waals surface area contributed by atoms with Gasteiger partial charge in [0, 0.05) is 6.42 Å². The highest BCUT2D eigenvalue weighted by Crippen LogP contribution is 2.42. The molecule has 2 rings (SSSR count). The van der Waals surface area contributed by atoms with Crippen LogP contribution in [-0.4, -0.2) is 31.4 Å². The Kier molecular flexibility index (Phi) is 5.93. The molecular weight excluding hydrogens is 327 g/mol. The van der Waals surface area contributed by atoms with Crippen LogP contribution in [0.5, 0.6) is 0 Å². The van der Waals surface area contributed by atoms with Gasteiger partial charge in [0.2, 0.25) is 0 Å². The van der Waals surface area contributed by atoms with Crippen LogP contribution in [0, 0.1) is 18.7 Å². The van der Waals surface area contributed by atoms with Gasteiger partial charge in [-0.05, 0) is 50.3 Å². The number of ketones is 1. The van der Waals surface area contributed by atoms with Crippen LogP contribution in [0.15, 0.2) is 18.2 Å². The molecule has 0 spiro atoms. The first-order valence-electron chi connectivity index (χ1n) is 8.40. The molecule has 0 radical (unpaired) electrons. The van der Waals surface area contributed by atoms with Crippen LogP contribution in [0.3, 0.4) is 0 Å². The summed E-state index contributed by atoms with van der Waals surface area (Å²) >= 11 is 0.